The number of nitrogens with zero attached hydrogens (tertiary/aromatic N) is 1. The van der Waals surface area contributed by atoms with Crippen molar-refractivity contribution in [2.75, 3.05) is 12.4 Å². The van der Waals surface area contributed by atoms with Crippen LogP contribution in [0.4, 0.5) is 10.8 Å². The van der Waals surface area contributed by atoms with Gasteiger partial charge in [-0.05, 0) is 53.8 Å². The summed E-state index contributed by atoms with van der Waals surface area (Å²) in [6, 6.07) is 19.3. The maximum atomic E-state index is 13.6. The normalized spacial score (nSPS) is 12.4. The van der Waals surface area contributed by atoms with Crippen LogP contribution in [0.1, 0.15) is 41.6 Å². The standard InChI is InChI=1S/C30H32N4O6/c1-4-23(20-8-6-5-7-9-20)32-27(35)25(16-19-10-13-22(39-3)14-11-19)34-29-33-24-15-12-21(17-31-30(37)38)18(2)26(24)28(36)40-29/h5-15,23,25,31H,4,16-17H2,1-3H3,(H,32,35)(H,33,34)(H,37,38)/t23?,25-/m0/s1. The molecule has 0 fully saturated rings. The molecule has 4 aromatic rings. The lowest BCUT2D eigenvalue weighted by Gasteiger charge is -2.23. The Balaban J connectivity index is 1.63. The summed E-state index contributed by atoms with van der Waals surface area (Å²) in [5, 5.41) is 17.6. The summed E-state index contributed by atoms with van der Waals surface area (Å²) >= 11 is 0. The maximum Gasteiger partial charge on any atom is 0.404 e. The average molecular weight is 545 g/mol. The number of anilines is 1. The molecule has 0 aliphatic heterocycles. The molecule has 4 N–H and O–H groups in total. The van der Waals surface area contributed by atoms with E-state index in [1.807, 2.05) is 61.5 Å². The van der Waals surface area contributed by atoms with Crippen LogP contribution in [0.25, 0.3) is 10.9 Å². The summed E-state index contributed by atoms with van der Waals surface area (Å²) in [5.74, 6) is 0.422. The number of ether oxygens (including phenoxy) is 1. The number of methoxy groups -OCH3 is 1. The number of carboxylic acid groups (broad SMARTS) is 1. The molecule has 1 unspecified atom stereocenters. The number of aryl methyl sites for hydroxylation is 1. The molecule has 2 atom stereocenters. The topological polar surface area (TPSA) is 143 Å². The van der Waals surface area contributed by atoms with Crippen LogP contribution in [0, 0.1) is 6.92 Å². The molecule has 0 saturated carbocycles. The van der Waals surface area contributed by atoms with E-state index in [2.05, 4.69) is 20.9 Å². The maximum absolute atomic E-state index is 13.6. The monoisotopic (exact) mass is 544 g/mol. The molecule has 0 bridgehead atoms. The van der Waals surface area contributed by atoms with Crippen molar-refractivity contribution < 1.29 is 23.8 Å². The number of hydrogen-bond acceptors (Lipinski definition) is 7. The minimum Gasteiger partial charge on any atom is -0.497 e. The van der Waals surface area contributed by atoms with E-state index in [0.29, 0.717) is 35.2 Å². The van der Waals surface area contributed by atoms with Crippen LogP contribution in [0.15, 0.2) is 75.9 Å². The zero-order valence-corrected chi connectivity index (χ0v) is 22.6. The smallest absolute Gasteiger partial charge is 0.404 e. The fourth-order valence-electron chi connectivity index (χ4n) is 4.52. The fourth-order valence-corrected chi connectivity index (χ4v) is 4.52. The number of amides is 2. The lowest BCUT2D eigenvalue weighted by Crippen LogP contribution is -2.43. The van der Waals surface area contributed by atoms with Crippen molar-refractivity contribution in [3.05, 3.63) is 99.4 Å². The summed E-state index contributed by atoms with van der Waals surface area (Å²) in [6.45, 7) is 3.75. The van der Waals surface area contributed by atoms with E-state index in [1.54, 1.807) is 26.2 Å². The Hall–Kier alpha value is -4.86. The van der Waals surface area contributed by atoms with Gasteiger partial charge in [0.1, 0.15) is 11.8 Å². The summed E-state index contributed by atoms with van der Waals surface area (Å²) in [4.78, 5) is 42.0. The van der Waals surface area contributed by atoms with Gasteiger partial charge in [0, 0.05) is 13.0 Å². The molecule has 1 aromatic heterocycles. The average Bonchev–Trinajstić information content (AvgIpc) is 2.95. The van der Waals surface area contributed by atoms with Crippen LogP contribution in [0.2, 0.25) is 0 Å². The van der Waals surface area contributed by atoms with Crippen LogP contribution in [0.3, 0.4) is 0 Å². The predicted octanol–water partition coefficient (Wildman–Crippen LogP) is 4.56. The molecule has 40 heavy (non-hydrogen) atoms. The first kappa shape index (κ1) is 28.2. The molecule has 0 aliphatic rings. The molecule has 208 valence electrons. The van der Waals surface area contributed by atoms with Crippen molar-refractivity contribution >= 4 is 28.9 Å². The number of benzene rings is 3. The van der Waals surface area contributed by atoms with E-state index >= 15 is 0 Å². The van der Waals surface area contributed by atoms with Gasteiger partial charge in [-0.2, -0.15) is 4.98 Å². The van der Waals surface area contributed by atoms with Gasteiger partial charge in [0.25, 0.3) is 6.01 Å². The van der Waals surface area contributed by atoms with Crippen molar-refractivity contribution in [3.63, 3.8) is 0 Å². The number of carbonyl (C=O) groups is 2. The number of nitrogens with one attached hydrogen (secondary N) is 3. The Kier molecular flexibility index (Phi) is 9.00. The highest BCUT2D eigenvalue weighted by atomic mass is 16.5. The van der Waals surface area contributed by atoms with Crippen molar-refractivity contribution in [2.45, 2.75) is 45.3 Å². The fraction of sp³-hybridized carbons (Fsp3) is 0.267. The highest BCUT2D eigenvalue weighted by Crippen LogP contribution is 2.22. The first-order valence-corrected chi connectivity index (χ1v) is 12.9. The van der Waals surface area contributed by atoms with Gasteiger partial charge < -0.3 is 30.2 Å². The van der Waals surface area contributed by atoms with Crippen LogP contribution >= 0.6 is 0 Å². The number of fused-ring (bicyclic) bond motifs is 1. The van der Waals surface area contributed by atoms with Crippen molar-refractivity contribution in [1.29, 1.82) is 0 Å². The molecule has 0 aliphatic carbocycles. The molecule has 10 nitrogen and oxygen atoms in total. The van der Waals surface area contributed by atoms with E-state index in [9.17, 15) is 14.4 Å². The molecule has 3 aromatic carbocycles. The molecule has 10 heteroatoms. The lowest BCUT2D eigenvalue weighted by molar-refractivity contribution is -0.122. The van der Waals surface area contributed by atoms with Gasteiger partial charge in [-0.3, -0.25) is 4.79 Å². The van der Waals surface area contributed by atoms with Gasteiger partial charge in [-0.1, -0.05) is 55.5 Å². The molecular formula is C30H32N4O6. The second kappa shape index (κ2) is 12.8. The highest BCUT2D eigenvalue weighted by Gasteiger charge is 2.24. The molecule has 2 amide bonds. The zero-order chi connectivity index (χ0) is 28.6. The Bertz CT molecular complexity index is 1540. The Morgan fingerprint density at radius 1 is 1.05 bits per heavy atom. The zero-order valence-electron chi connectivity index (χ0n) is 22.6. The summed E-state index contributed by atoms with van der Waals surface area (Å²) in [7, 11) is 1.59. The van der Waals surface area contributed by atoms with Gasteiger partial charge in [0.2, 0.25) is 5.91 Å². The van der Waals surface area contributed by atoms with Crippen molar-refractivity contribution in [1.82, 2.24) is 15.6 Å². The Labute approximate surface area is 231 Å². The molecule has 0 spiro atoms. The minimum absolute atomic E-state index is 0.0423. The molecule has 1 heterocycles. The third-order valence-corrected chi connectivity index (χ3v) is 6.74. The van der Waals surface area contributed by atoms with E-state index in [0.717, 1.165) is 11.1 Å². The third kappa shape index (κ3) is 6.76. The van der Waals surface area contributed by atoms with Gasteiger partial charge in [0.15, 0.2) is 0 Å². The van der Waals surface area contributed by atoms with Gasteiger partial charge >= 0.3 is 11.7 Å². The van der Waals surface area contributed by atoms with E-state index in [-0.39, 0.29) is 29.9 Å². The Morgan fingerprint density at radius 2 is 1.77 bits per heavy atom. The van der Waals surface area contributed by atoms with Gasteiger partial charge in [-0.25, -0.2) is 9.59 Å². The second-order valence-corrected chi connectivity index (χ2v) is 9.34. The molecule has 0 radical (unpaired) electrons. The van der Waals surface area contributed by atoms with Crippen LogP contribution in [-0.4, -0.2) is 35.2 Å². The van der Waals surface area contributed by atoms with Crippen LogP contribution in [-0.2, 0) is 17.8 Å². The quantitative estimate of drug-likeness (QED) is 0.215. The predicted molar refractivity (Wildman–Crippen MR) is 152 cm³/mol. The van der Waals surface area contributed by atoms with E-state index in [1.165, 1.54) is 0 Å². The summed E-state index contributed by atoms with van der Waals surface area (Å²) in [5.41, 5.74) is 2.79. The third-order valence-electron chi connectivity index (χ3n) is 6.74. The highest BCUT2D eigenvalue weighted by molar-refractivity contribution is 5.86. The molecular weight excluding hydrogens is 512 g/mol. The number of rotatable bonds is 11. The lowest BCUT2D eigenvalue weighted by atomic mass is 10.0. The van der Waals surface area contributed by atoms with E-state index in [4.69, 9.17) is 14.3 Å². The second-order valence-electron chi connectivity index (χ2n) is 9.34. The first-order valence-electron chi connectivity index (χ1n) is 12.9. The SMILES string of the molecule is CCC(NC(=O)[C@H](Cc1ccc(OC)cc1)Nc1nc2ccc(CNC(=O)O)c(C)c2c(=O)o1)c1ccccc1. The Morgan fingerprint density at radius 3 is 2.42 bits per heavy atom. The number of hydrogen-bond donors (Lipinski definition) is 4. The van der Waals surface area contributed by atoms with Crippen molar-refractivity contribution in [3.8, 4) is 5.75 Å². The summed E-state index contributed by atoms with van der Waals surface area (Å²) in [6.07, 6.45) is -0.182. The number of aromatic nitrogens is 1. The summed E-state index contributed by atoms with van der Waals surface area (Å²) < 4.78 is 10.8. The molecule has 0 saturated heterocycles. The first-order chi connectivity index (χ1) is 19.3. The van der Waals surface area contributed by atoms with Crippen LogP contribution < -0.4 is 26.3 Å². The van der Waals surface area contributed by atoms with Gasteiger partial charge in [0.05, 0.1) is 24.1 Å². The van der Waals surface area contributed by atoms with Crippen molar-refractivity contribution in [2.24, 2.45) is 0 Å². The van der Waals surface area contributed by atoms with Gasteiger partial charge in [-0.15, -0.1) is 0 Å². The van der Waals surface area contributed by atoms with E-state index < -0.39 is 17.8 Å². The minimum atomic E-state index is -1.16. The van der Waals surface area contributed by atoms with Crippen LogP contribution in [0.5, 0.6) is 5.75 Å². The number of carbonyl (C=O) groups excluding carboxylic acids is 1. The molecule has 4 rings (SSSR count). The largest absolute Gasteiger partial charge is 0.497 e.